The summed E-state index contributed by atoms with van der Waals surface area (Å²) in [5, 5.41) is 4.61. The van der Waals surface area contributed by atoms with Crippen LogP contribution >= 0.6 is 0 Å². The minimum atomic E-state index is -0.353. The van der Waals surface area contributed by atoms with Crippen molar-refractivity contribution in [2.75, 3.05) is 6.61 Å². The fourth-order valence-corrected chi connectivity index (χ4v) is 4.40. The molecule has 0 aliphatic carbocycles. The normalized spacial score (nSPS) is 12.6. The average Bonchev–Trinajstić information content (AvgIpc) is 3.39. The number of ether oxygens (including phenoxy) is 2. The summed E-state index contributed by atoms with van der Waals surface area (Å²) in [6.07, 6.45) is 9.79. The number of rotatable bonds is 11. The third-order valence-electron chi connectivity index (χ3n) is 6.35. The van der Waals surface area contributed by atoms with E-state index in [9.17, 15) is 4.79 Å². The van der Waals surface area contributed by atoms with Crippen molar-refractivity contribution in [1.82, 2.24) is 0 Å². The topological polar surface area (TPSA) is 48.7 Å². The second-order valence-corrected chi connectivity index (χ2v) is 9.40. The molecule has 0 N–H and O–H groups in total. The molecule has 1 heterocycles. The summed E-state index contributed by atoms with van der Waals surface area (Å²) in [4.78, 5) is 12.8. The van der Waals surface area contributed by atoms with Crippen LogP contribution < -0.4 is 0 Å². The van der Waals surface area contributed by atoms with Crippen LogP contribution in [0, 0.1) is 0 Å². The van der Waals surface area contributed by atoms with Crippen LogP contribution in [0.3, 0.4) is 0 Å². The Labute approximate surface area is 213 Å². The molecule has 0 spiro atoms. The monoisotopic (exact) mass is 482 g/mol. The number of furan rings is 1. The van der Waals surface area contributed by atoms with Crippen molar-refractivity contribution in [1.29, 1.82) is 0 Å². The third-order valence-corrected chi connectivity index (χ3v) is 6.35. The molecule has 0 saturated carbocycles. The lowest BCUT2D eigenvalue weighted by atomic mass is 9.97. The average molecular weight is 483 g/mol. The van der Waals surface area contributed by atoms with Crippen molar-refractivity contribution in [2.45, 2.75) is 52.7 Å². The summed E-state index contributed by atoms with van der Waals surface area (Å²) < 4.78 is 16.9. The van der Waals surface area contributed by atoms with Crippen molar-refractivity contribution in [3.63, 3.8) is 0 Å². The summed E-state index contributed by atoms with van der Waals surface area (Å²) in [7, 11) is 0. The quantitative estimate of drug-likeness (QED) is 0.124. The molecular weight excluding hydrogens is 448 g/mol. The van der Waals surface area contributed by atoms with E-state index in [-0.39, 0.29) is 18.7 Å². The van der Waals surface area contributed by atoms with E-state index in [1.165, 1.54) is 5.57 Å². The molecule has 1 atom stereocenters. The summed E-state index contributed by atoms with van der Waals surface area (Å²) in [5.74, 6) is -0.353. The summed E-state index contributed by atoms with van der Waals surface area (Å²) in [6.45, 7) is 6.37. The van der Waals surface area contributed by atoms with Crippen LogP contribution in [0.15, 0.2) is 101 Å². The molecule has 4 aromatic rings. The molecule has 186 valence electrons. The van der Waals surface area contributed by atoms with Gasteiger partial charge in [0.15, 0.2) is 0 Å². The first-order valence-corrected chi connectivity index (χ1v) is 12.5. The Morgan fingerprint density at radius 1 is 0.944 bits per heavy atom. The number of allylic oxidation sites excluding steroid dienone is 2. The smallest absolute Gasteiger partial charge is 0.332 e. The number of carbonyl (C=O) groups excluding carboxylic acids is 1. The van der Waals surface area contributed by atoms with Gasteiger partial charge in [0.05, 0.1) is 19.1 Å². The molecular formula is C32H34O4. The predicted octanol–water partition coefficient (Wildman–Crippen LogP) is 7.95. The lowest BCUT2D eigenvalue weighted by Gasteiger charge is -2.18. The zero-order valence-corrected chi connectivity index (χ0v) is 21.3. The van der Waals surface area contributed by atoms with Gasteiger partial charge in [-0.1, -0.05) is 66.3 Å². The summed E-state index contributed by atoms with van der Waals surface area (Å²) >= 11 is 0. The van der Waals surface area contributed by atoms with Crippen LogP contribution in [0.25, 0.3) is 21.5 Å². The first-order chi connectivity index (χ1) is 17.5. The van der Waals surface area contributed by atoms with Crippen molar-refractivity contribution in [2.24, 2.45) is 0 Å². The number of hydrogen-bond acceptors (Lipinski definition) is 4. The van der Waals surface area contributed by atoms with Gasteiger partial charge in [-0.25, -0.2) is 4.79 Å². The van der Waals surface area contributed by atoms with Crippen LogP contribution in [0.2, 0.25) is 0 Å². The maximum absolute atomic E-state index is 12.8. The molecule has 0 aliphatic heterocycles. The van der Waals surface area contributed by atoms with Gasteiger partial charge in [-0.3, -0.25) is 0 Å². The van der Waals surface area contributed by atoms with Crippen LogP contribution in [-0.4, -0.2) is 18.7 Å². The van der Waals surface area contributed by atoms with E-state index in [4.69, 9.17) is 13.9 Å². The Morgan fingerprint density at radius 2 is 1.64 bits per heavy atom. The highest BCUT2D eigenvalue weighted by atomic mass is 16.6. The molecule has 4 heteroatoms. The van der Waals surface area contributed by atoms with Crippen molar-refractivity contribution < 1.29 is 18.7 Å². The lowest BCUT2D eigenvalue weighted by Crippen LogP contribution is -2.22. The Bertz CT molecular complexity index is 1300. The number of carbonyl (C=O) groups is 1. The SMILES string of the molecule is CC(C)=CC[C@H](OC(=O)COCc1c2ccccc2cc2ccccc12)/C(C)=C/CCc1ccoc1. The van der Waals surface area contributed by atoms with Gasteiger partial charge in [0.25, 0.3) is 0 Å². The van der Waals surface area contributed by atoms with E-state index in [1.54, 1.807) is 12.5 Å². The molecule has 0 unspecified atom stereocenters. The highest BCUT2D eigenvalue weighted by Crippen LogP contribution is 2.29. The maximum atomic E-state index is 12.8. The van der Waals surface area contributed by atoms with Gasteiger partial charge in [-0.15, -0.1) is 0 Å². The van der Waals surface area contributed by atoms with Gasteiger partial charge in [-0.2, -0.15) is 0 Å². The van der Waals surface area contributed by atoms with Gasteiger partial charge < -0.3 is 13.9 Å². The first-order valence-electron chi connectivity index (χ1n) is 12.5. The van der Waals surface area contributed by atoms with Crippen LogP contribution in [0.1, 0.15) is 44.7 Å². The molecule has 0 aliphatic rings. The second-order valence-electron chi connectivity index (χ2n) is 9.40. The van der Waals surface area contributed by atoms with Gasteiger partial charge >= 0.3 is 5.97 Å². The zero-order chi connectivity index (χ0) is 25.3. The minimum Gasteiger partial charge on any atom is -0.472 e. The maximum Gasteiger partial charge on any atom is 0.332 e. The Hall–Kier alpha value is -3.63. The van der Waals surface area contributed by atoms with Crippen LogP contribution in [0.5, 0.6) is 0 Å². The molecule has 0 radical (unpaired) electrons. The highest BCUT2D eigenvalue weighted by Gasteiger charge is 2.16. The van der Waals surface area contributed by atoms with Gasteiger partial charge in [-0.05, 0) is 84.0 Å². The Balaban J connectivity index is 1.40. The highest BCUT2D eigenvalue weighted by molar-refractivity contribution is 6.02. The second kappa shape index (κ2) is 12.4. The molecule has 36 heavy (non-hydrogen) atoms. The number of fused-ring (bicyclic) bond motifs is 2. The zero-order valence-electron chi connectivity index (χ0n) is 21.3. The molecule has 1 aromatic heterocycles. The van der Waals surface area contributed by atoms with Crippen LogP contribution in [-0.2, 0) is 27.3 Å². The lowest BCUT2D eigenvalue weighted by molar-refractivity contribution is -0.153. The molecule has 4 nitrogen and oxygen atoms in total. The largest absolute Gasteiger partial charge is 0.472 e. The van der Waals surface area contributed by atoms with E-state index in [0.29, 0.717) is 13.0 Å². The van der Waals surface area contributed by atoms with E-state index in [2.05, 4.69) is 56.3 Å². The molecule has 0 amide bonds. The van der Waals surface area contributed by atoms with E-state index in [1.807, 2.05) is 37.3 Å². The van der Waals surface area contributed by atoms with E-state index in [0.717, 1.165) is 51.1 Å². The van der Waals surface area contributed by atoms with E-state index < -0.39 is 0 Å². The number of benzene rings is 3. The van der Waals surface area contributed by atoms with Gasteiger partial charge in [0.1, 0.15) is 12.7 Å². The molecule has 0 bridgehead atoms. The van der Waals surface area contributed by atoms with Gasteiger partial charge in [0.2, 0.25) is 0 Å². The van der Waals surface area contributed by atoms with E-state index >= 15 is 0 Å². The molecule has 0 saturated heterocycles. The fraction of sp³-hybridized carbons (Fsp3) is 0.281. The summed E-state index contributed by atoms with van der Waals surface area (Å²) in [6, 6.07) is 20.7. The molecule has 0 fully saturated rings. The van der Waals surface area contributed by atoms with Gasteiger partial charge in [0, 0.05) is 6.42 Å². The van der Waals surface area contributed by atoms with Crippen LogP contribution in [0.4, 0.5) is 0 Å². The fourth-order valence-electron chi connectivity index (χ4n) is 4.40. The van der Waals surface area contributed by atoms with Crippen molar-refractivity contribution in [3.8, 4) is 0 Å². The number of hydrogen-bond donors (Lipinski definition) is 0. The Morgan fingerprint density at radius 3 is 2.28 bits per heavy atom. The van der Waals surface area contributed by atoms with Crippen molar-refractivity contribution in [3.05, 3.63) is 108 Å². The Kier molecular flexibility index (Phi) is 8.75. The van der Waals surface area contributed by atoms with Crippen molar-refractivity contribution >= 4 is 27.5 Å². The predicted molar refractivity (Wildman–Crippen MR) is 146 cm³/mol. The standard InChI is InChI=1S/C32H34O4/c1-23(2)15-16-31(24(3)9-8-10-25-17-18-34-20-25)36-32(33)22-35-21-30-28-13-6-4-11-26(28)19-27-12-5-7-14-29(27)30/h4-7,9,11-15,17-20,31H,8,10,16,21-22H2,1-3H3/b24-9+/t31-/m0/s1. The summed E-state index contributed by atoms with van der Waals surface area (Å²) in [5.41, 5.74) is 4.49. The molecule has 3 aromatic carbocycles. The first kappa shape index (κ1) is 25.5. The third kappa shape index (κ3) is 6.73. The number of esters is 1. The number of aryl methyl sites for hydroxylation is 1. The minimum absolute atomic E-state index is 0.0921. The molecule has 4 rings (SSSR count).